The first-order valence-electron chi connectivity index (χ1n) is 11.7. The summed E-state index contributed by atoms with van der Waals surface area (Å²) >= 11 is 0. The van der Waals surface area contributed by atoms with E-state index in [4.69, 9.17) is 22.8 Å². The normalized spacial score (nSPS) is 11.1. The fraction of sp³-hybridized carbons (Fsp3) is 0.179. The van der Waals surface area contributed by atoms with E-state index in [1.165, 1.54) is 44.6 Å². The Bertz CT molecular complexity index is 1510. The molecular formula is C28H26FNO8S. The third-order valence-corrected chi connectivity index (χ3v) is 7.01. The highest BCUT2D eigenvalue weighted by atomic mass is 32.2. The van der Waals surface area contributed by atoms with Crippen molar-refractivity contribution in [2.75, 3.05) is 21.3 Å². The molecule has 0 aliphatic rings. The third-order valence-electron chi connectivity index (χ3n) is 5.76. The summed E-state index contributed by atoms with van der Waals surface area (Å²) in [6.45, 7) is 0.140. The van der Waals surface area contributed by atoms with Crippen LogP contribution in [-0.2, 0) is 23.2 Å². The lowest BCUT2D eigenvalue weighted by molar-refractivity contribution is 0.0710. The summed E-state index contributed by atoms with van der Waals surface area (Å²) in [6, 6.07) is 17.4. The maximum Gasteiger partial charge on any atom is 0.339 e. The zero-order valence-corrected chi connectivity index (χ0v) is 22.2. The van der Waals surface area contributed by atoms with Gasteiger partial charge in [-0.2, -0.15) is 8.42 Å². The zero-order chi connectivity index (χ0) is 28.0. The van der Waals surface area contributed by atoms with E-state index in [0.717, 1.165) is 24.3 Å². The second kappa shape index (κ2) is 11.9. The SMILES string of the molecule is COc1ccc(CN(Cc2ccco2)C(=O)c2c(OC)cccc2OC)cc1OS(=O)(=O)c1ccc(F)cc1. The number of ether oxygens (including phenoxy) is 3. The van der Waals surface area contributed by atoms with Crippen LogP contribution in [0.15, 0.2) is 88.4 Å². The molecule has 0 spiro atoms. The van der Waals surface area contributed by atoms with Crippen LogP contribution in [0.3, 0.4) is 0 Å². The van der Waals surface area contributed by atoms with Gasteiger partial charge in [0.25, 0.3) is 5.91 Å². The van der Waals surface area contributed by atoms with E-state index < -0.39 is 21.8 Å². The summed E-state index contributed by atoms with van der Waals surface area (Å²) in [5, 5.41) is 0. The molecule has 0 aliphatic carbocycles. The Morgan fingerprint density at radius 2 is 1.49 bits per heavy atom. The van der Waals surface area contributed by atoms with E-state index in [-0.39, 0.29) is 35.0 Å². The van der Waals surface area contributed by atoms with Crippen molar-refractivity contribution < 1.29 is 40.4 Å². The van der Waals surface area contributed by atoms with Crippen molar-refractivity contribution in [2.45, 2.75) is 18.0 Å². The summed E-state index contributed by atoms with van der Waals surface area (Å²) in [7, 11) is -0.0226. The minimum atomic E-state index is -4.30. The van der Waals surface area contributed by atoms with Gasteiger partial charge in [-0.15, -0.1) is 0 Å². The maximum atomic E-state index is 13.8. The predicted molar refractivity (Wildman–Crippen MR) is 139 cm³/mol. The quantitative estimate of drug-likeness (QED) is 0.237. The van der Waals surface area contributed by atoms with E-state index in [9.17, 15) is 17.6 Å². The molecule has 0 unspecified atom stereocenters. The molecule has 4 rings (SSSR count). The fourth-order valence-corrected chi connectivity index (χ4v) is 4.82. The number of halogens is 1. The number of hydrogen-bond donors (Lipinski definition) is 0. The summed E-state index contributed by atoms with van der Waals surface area (Å²) in [6.07, 6.45) is 1.50. The first-order valence-corrected chi connectivity index (χ1v) is 13.1. The number of methoxy groups -OCH3 is 3. The van der Waals surface area contributed by atoms with Gasteiger partial charge in [-0.3, -0.25) is 4.79 Å². The molecular weight excluding hydrogens is 529 g/mol. The van der Waals surface area contributed by atoms with Crippen molar-refractivity contribution in [3.63, 3.8) is 0 Å². The predicted octanol–water partition coefficient (Wildman–Crippen LogP) is 5.05. The van der Waals surface area contributed by atoms with Crippen LogP contribution < -0.4 is 18.4 Å². The highest BCUT2D eigenvalue weighted by Crippen LogP contribution is 2.33. The molecule has 0 radical (unpaired) electrons. The lowest BCUT2D eigenvalue weighted by Gasteiger charge is -2.24. The molecule has 1 amide bonds. The number of carbonyl (C=O) groups excluding carboxylic acids is 1. The number of benzene rings is 3. The lowest BCUT2D eigenvalue weighted by Crippen LogP contribution is -2.30. The maximum absolute atomic E-state index is 13.8. The second-order valence-electron chi connectivity index (χ2n) is 8.25. The fourth-order valence-electron chi connectivity index (χ4n) is 3.88. The van der Waals surface area contributed by atoms with Crippen LogP contribution in [-0.4, -0.2) is 40.6 Å². The van der Waals surface area contributed by atoms with Gasteiger partial charge in [0, 0.05) is 6.54 Å². The van der Waals surface area contributed by atoms with Gasteiger partial charge in [0.05, 0.1) is 34.1 Å². The first-order chi connectivity index (χ1) is 18.7. The molecule has 11 heteroatoms. The topological polar surface area (TPSA) is 105 Å². The summed E-state index contributed by atoms with van der Waals surface area (Å²) in [4.78, 5) is 15.1. The van der Waals surface area contributed by atoms with Gasteiger partial charge in [-0.05, 0) is 66.2 Å². The minimum Gasteiger partial charge on any atom is -0.496 e. The van der Waals surface area contributed by atoms with Crippen LogP contribution in [0.5, 0.6) is 23.0 Å². The van der Waals surface area contributed by atoms with Crippen molar-refractivity contribution in [3.8, 4) is 23.0 Å². The Hall–Kier alpha value is -4.51. The number of carbonyl (C=O) groups is 1. The summed E-state index contributed by atoms with van der Waals surface area (Å²) in [5.41, 5.74) is 0.756. The molecule has 39 heavy (non-hydrogen) atoms. The largest absolute Gasteiger partial charge is 0.496 e. The van der Waals surface area contributed by atoms with Gasteiger partial charge in [0.15, 0.2) is 11.5 Å². The standard InChI is InChI=1S/C28H26FNO8S/c1-34-23-14-9-19(16-26(23)38-39(32,33)22-12-10-20(29)11-13-22)17-30(18-21-6-5-15-37-21)28(31)27-24(35-2)7-4-8-25(27)36-3/h4-16H,17-18H2,1-3H3. The monoisotopic (exact) mass is 555 g/mol. The highest BCUT2D eigenvalue weighted by molar-refractivity contribution is 7.87. The van der Waals surface area contributed by atoms with Crippen LogP contribution in [0, 0.1) is 5.82 Å². The van der Waals surface area contributed by atoms with E-state index in [1.807, 2.05) is 0 Å². The smallest absolute Gasteiger partial charge is 0.339 e. The van der Waals surface area contributed by atoms with Crippen molar-refractivity contribution >= 4 is 16.0 Å². The van der Waals surface area contributed by atoms with Crippen molar-refractivity contribution in [3.05, 3.63) is 102 Å². The van der Waals surface area contributed by atoms with Gasteiger partial charge in [0.1, 0.15) is 33.5 Å². The summed E-state index contributed by atoms with van der Waals surface area (Å²) in [5.74, 6) is 0.251. The Morgan fingerprint density at radius 3 is 2.08 bits per heavy atom. The molecule has 1 aromatic heterocycles. The molecule has 4 aromatic rings. The lowest BCUT2D eigenvalue weighted by atomic mass is 10.1. The number of nitrogens with zero attached hydrogens (tertiary/aromatic N) is 1. The minimum absolute atomic E-state index is 0.0394. The van der Waals surface area contributed by atoms with Crippen LogP contribution in [0.2, 0.25) is 0 Å². The molecule has 0 atom stereocenters. The molecule has 0 N–H and O–H groups in total. The van der Waals surface area contributed by atoms with E-state index >= 15 is 0 Å². The van der Waals surface area contributed by atoms with E-state index in [0.29, 0.717) is 22.8 Å². The van der Waals surface area contributed by atoms with Crippen molar-refractivity contribution in [1.29, 1.82) is 0 Å². The zero-order valence-electron chi connectivity index (χ0n) is 21.4. The Kier molecular flexibility index (Phi) is 8.40. The number of amides is 1. The second-order valence-corrected chi connectivity index (χ2v) is 9.80. The number of furan rings is 1. The van der Waals surface area contributed by atoms with Gasteiger partial charge in [-0.1, -0.05) is 12.1 Å². The number of rotatable bonds is 11. The van der Waals surface area contributed by atoms with Gasteiger partial charge >= 0.3 is 10.1 Å². The average molecular weight is 556 g/mol. The van der Waals surface area contributed by atoms with Crippen LogP contribution >= 0.6 is 0 Å². The van der Waals surface area contributed by atoms with Gasteiger partial charge in [-0.25, -0.2) is 4.39 Å². The average Bonchev–Trinajstić information content (AvgIpc) is 3.45. The molecule has 0 fully saturated rings. The Morgan fingerprint density at radius 1 is 0.821 bits per heavy atom. The van der Waals surface area contributed by atoms with Gasteiger partial charge in [0.2, 0.25) is 0 Å². The highest BCUT2D eigenvalue weighted by Gasteiger charge is 2.26. The van der Waals surface area contributed by atoms with Crippen molar-refractivity contribution in [2.24, 2.45) is 0 Å². The van der Waals surface area contributed by atoms with Crippen LogP contribution in [0.25, 0.3) is 0 Å². The molecule has 0 aliphatic heterocycles. The molecule has 0 saturated carbocycles. The number of hydrogen-bond acceptors (Lipinski definition) is 8. The van der Waals surface area contributed by atoms with Crippen LogP contribution in [0.1, 0.15) is 21.7 Å². The first kappa shape index (κ1) is 27.5. The Balaban J connectivity index is 1.69. The molecule has 9 nitrogen and oxygen atoms in total. The van der Waals surface area contributed by atoms with Gasteiger partial charge < -0.3 is 27.7 Å². The third kappa shape index (κ3) is 6.32. The molecule has 0 saturated heterocycles. The Labute approximate surface area is 225 Å². The molecule has 1 heterocycles. The van der Waals surface area contributed by atoms with E-state index in [2.05, 4.69) is 0 Å². The molecule has 0 bridgehead atoms. The summed E-state index contributed by atoms with van der Waals surface area (Å²) < 4.78 is 66.0. The van der Waals surface area contributed by atoms with Crippen molar-refractivity contribution in [1.82, 2.24) is 4.90 Å². The van der Waals surface area contributed by atoms with Crippen LogP contribution in [0.4, 0.5) is 4.39 Å². The molecule has 3 aromatic carbocycles. The van der Waals surface area contributed by atoms with E-state index in [1.54, 1.807) is 36.4 Å². The molecule has 204 valence electrons.